The van der Waals surface area contributed by atoms with Crippen molar-refractivity contribution >= 4 is 16.9 Å². The van der Waals surface area contributed by atoms with Gasteiger partial charge in [-0.3, -0.25) is 4.79 Å². The first kappa shape index (κ1) is 12.2. The van der Waals surface area contributed by atoms with E-state index in [0.29, 0.717) is 0 Å². The highest BCUT2D eigenvalue weighted by Gasteiger charge is 2.15. The second kappa shape index (κ2) is 4.56. The van der Waals surface area contributed by atoms with Crippen LogP contribution in [0.1, 0.15) is 17.3 Å². The van der Waals surface area contributed by atoms with Gasteiger partial charge in [0.15, 0.2) is 11.6 Å². The zero-order valence-corrected chi connectivity index (χ0v) is 9.42. The smallest absolute Gasteiger partial charge is 0.343 e. The van der Waals surface area contributed by atoms with Crippen molar-refractivity contribution in [2.45, 2.75) is 6.92 Å². The quantitative estimate of drug-likeness (QED) is 0.832. The SMILES string of the molecule is CCOC(=O)c1cc2c(F)c(F)ccc2[nH]c1=O. The molecule has 0 aliphatic carbocycles. The van der Waals surface area contributed by atoms with Crippen molar-refractivity contribution in [3.63, 3.8) is 0 Å². The summed E-state index contributed by atoms with van der Waals surface area (Å²) in [6.45, 7) is 1.66. The van der Waals surface area contributed by atoms with Gasteiger partial charge in [0.05, 0.1) is 12.1 Å². The Balaban J connectivity index is 2.70. The summed E-state index contributed by atoms with van der Waals surface area (Å²) >= 11 is 0. The summed E-state index contributed by atoms with van der Waals surface area (Å²) in [6.07, 6.45) is 0. The van der Waals surface area contributed by atoms with Crippen molar-refractivity contribution in [2.75, 3.05) is 6.61 Å². The van der Waals surface area contributed by atoms with Crippen molar-refractivity contribution in [3.05, 3.63) is 45.8 Å². The summed E-state index contributed by atoms with van der Waals surface area (Å²) < 4.78 is 31.2. The number of hydrogen-bond acceptors (Lipinski definition) is 3. The Morgan fingerprint density at radius 3 is 2.78 bits per heavy atom. The van der Waals surface area contributed by atoms with Gasteiger partial charge in [-0.1, -0.05) is 0 Å². The monoisotopic (exact) mass is 253 g/mol. The summed E-state index contributed by atoms with van der Waals surface area (Å²) in [4.78, 5) is 25.3. The van der Waals surface area contributed by atoms with Crippen molar-refractivity contribution in [1.29, 1.82) is 0 Å². The molecule has 0 spiro atoms. The molecule has 6 heteroatoms. The third-order valence-corrected chi connectivity index (χ3v) is 2.41. The molecule has 0 amide bonds. The average Bonchev–Trinajstić information content (AvgIpc) is 2.34. The molecule has 1 aromatic carbocycles. The molecule has 0 saturated carbocycles. The first-order valence-electron chi connectivity index (χ1n) is 5.22. The molecule has 1 aromatic heterocycles. The summed E-state index contributed by atoms with van der Waals surface area (Å²) in [5.74, 6) is -3.04. The van der Waals surface area contributed by atoms with E-state index in [9.17, 15) is 18.4 Å². The van der Waals surface area contributed by atoms with E-state index in [0.717, 1.165) is 12.1 Å². The minimum Gasteiger partial charge on any atom is -0.462 e. The highest BCUT2D eigenvalue weighted by molar-refractivity contribution is 5.93. The maximum absolute atomic E-state index is 13.5. The lowest BCUT2D eigenvalue weighted by molar-refractivity contribution is 0.0524. The van der Waals surface area contributed by atoms with Crippen LogP contribution in [0.5, 0.6) is 0 Å². The molecule has 18 heavy (non-hydrogen) atoms. The lowest BCUT2D eigenvalue weighted by Gasteiger charge is -2.04. The zero-order chi connectivity index (χ0) is 13.3. The highest BCUT2D eigenvalue weighted by atomic mass is 19.2. The van der Waals surface area contributed by atoms with Crippen LogP contribution in [0, 0.1) is 11.6 Å². The minimum atomic E-state index is -1.12. The molecular weight excluding hydrogens is 244 g/mol. The Morgan fingerprint density at radius 1 is 1.39 bits per heavy atom. The molecule has 0 saturated heterocycles. The molecular formula is C12H9F2NO3. The number of esters is 1. The fourth-order valence-electron chi connectivity index (χ4n) is 1.58. The van der Waals surface area contributed by atoms with Crippen LogP contribution in [0.25, 0.3) is 10.9 Å². The van der Waals surface area contributed by atoms with E-state index < -0.39 is 23.2 Å². The van der Waals surface area contributed by atoms with E-state index in [-0.39, 0.29) is 23.1 Å². The molecule has 0 atom stereocenters. The van der Waals surface area contributed by atoms with Gasteiger partial charge >= 0.3 is 5.97 Å². The molecule has 0 fully saturated rings. The molecule has 0 radical (unpaired) electrons. The van der Waals surface area contributed by atoms with E-state index in [1.807, 2.05) is 0 Å². The van der Waals surface area contributed by atoms with Crippen molar-refractivity contribution in [1.82, 2.24) is 4.98 Å². The fourth-order valence-corrected chi connectivity index (χ4v) is 1.58. The number of aromatic amines is 1. The van der Waals surface area contributed by atoms with Gasteiger partial charge in [-0.2, -0.15) is 0 Å². The van der Waals surface area contributed by atoms with Gasteiger partial charge in [-0.05, 0) is 25.1 Å². The predicted octanol–water partition coefficient (Wildman–Crippen LogP) is 1.98. The fraction of sp³-hybridized carbons (Fsp3) is 0.167. The van der Waals surface area contributed by atoms with Gasteiger partial charge in [0.1, 0.15) is 5.56 Å². The highest BCUT2D eigenvalue weighted by Crippen LogP contribution is 2.18. The van der Waals surface area contributed by atoms with Crippen LogP contribution in [-0.2, 0) is 4.74 Å². The Morgan fingerprint density at radius 2 is 2.11 bits per heavy atom. The Kier molecular flexibility index (Phi) is 3.10. The second-order valence-electron chi connectivity index (χ2n) is 3.56. The Bertz CT molecular complexity index is 679. The Hall–Kier alpha value is -2.24. The topological polar surface area (TPSA) is 59.2 Å². The molecule has 0 bridgehead atoms. The average molecular weight is 253 g/mol. The third kappa shape index (κ3) is 1.97. The zero-order valence-electron chi connectivity index (χ0n) is 9.42. The van der Waals surface area contributed by atoms with Gasteiger partial charge in [-0.15, -0.1) is 0 Å². The summed E-state index contributed by atoms with van der Waals surface area (Å²) in [5.41, 5.74) is -0.937. The number of H-pyrrole nitrogens is 1. The van der Waals surface area contributed by atoms with E-state index in [4.69, 9.17) is 0 Å². The van der Waals surface area contributed by atoms with Gasteiger partial charge in [-0.25, -0.2) is 13.6 Å². The van der Waals surface area contributed by atoms with Crippen molar-refractivity contribution in [2.24, 2.45) is 0 Å². The molecule has 2 rings (SSSR count). The number of carbonyl (C=O) groups is 1. The van der Waals surface area contributed by atoms with E-state index >= 15 is 0 Å². The molecule has 4 nitrogen and oxygen atoms in total. The summed E-state index contributed by atoms with van der Waals surface area (Å²) in [7, 11) is 0. The number of benzene rings is 1. The van der Waals surface area contributed by atoms with Crippen LogP contribution in [0.15, 0.2) is 23.0 Å². The van der Waals surface area contributed by atoms with Gasteiger partial charge < -0.3 is 9.72 Å². The number of pyridine rings is 1. The maximum Gasteiger partial charge on any atom is 0.343 e. The number of hydrogen-bond donors (Lipinski definition) is 1. The predicted molar refractivity (Wildman–Crippen MR) is 60.4 cm³/mol. The number of aromatic nitrogens is 1. The van der Waals surface area contributed by atoms with Crippen LogP contribution in [0.3, 0.4) is 0 Å². The number of carbonyl (C=O) groups excluding carboxylic acids is 1. The number of nitrogens with one attached hydrogen (secondary N) is 1. The standard InChI is InChI=1S/C12H9F2NO3/c1-2-18-12(17)7-5-6-9(15-11(7)16)4-3-8(13)10(6)14/h3-5H,2H2,1H3,(H,15,16). The Labute approximate surface area is 100 Å². The largest absolute Gasteiger partial charge is 0.462 e. The van der Waals surface area contributed by atoms with Crippen LogP contribution < -0.4 is 5.56 Å². The summed E-state index contributed by atoms with van der Waals surface area (Å²) in [6, 6.07) is 3.12. The van der Waals surface area contributed by atoms with Gasteiger partial charge in [0.2, 0.25) is 0 Å². The maximum atomic E-state index is 13.5. The van der Waals surface area contributed by atoms with E-state index in [2.05, 4.69) is 9.72 Å². The number of rotatable bonds is 2. The molecule has 1 heterocycles. The van der Waals surface area contributed by atoms with Crippen LogP contribution in [0.4, 0.5) is 8.78 Å². The van der Waals surface area contributed by atoms with E-state index in [1.54, 1.807) is 6.92 Å². The lowest BCUT2D eigenvalue weighted by atomic mass is 10.1. The van der Waals surface area contributed by atoms with Crippen molar-refractivity contribution < 1.29 is 18.3 Å². The van der Waals surface area contributed by atoms with Crippen LogP contribution >= 0.6 is 0 Å². The lowest BCUT2D eigenvalue weighted by Crippen LogP contribution is -2.19. The van der Waals surface area contributed by atoms with E-state index in [1.165, 1.54) is 6.07 Å². The summed E-state index contributed by atoms with van der Waals surface area (Å²) in [5, 5.41) is -0.169. The number of halogens is 2. The van der Waals surface area contributed by atoms with Crippen molar-refractivity contribution in [3.8, 4) is 0 Å². The first-order chi connectivity index (χ1) is 8.54. The number of ether oxygens (including phenoxy) is 1. The first-order valence-corrected chi connectivity index (χ1v) is 5.22. The molecule has 0 aliphatic heterocycles. The second-order valence-corrected chi connectivity index (χ2v) is 3.56. The molecule has 2 aromatic rings. The molecule has 0 aliphatic rings. The normalized spacial score (nSPS) is 10.6. The van der Waals surface area contributed by atoms with Crippen LogP contribution in [-0.4, -0.2) is 17.6 Å². The molecule has 1 N–H and O–H groups in total. The molecule has 0 unspecified atom stereocenters. The van der Waals surface area contributed by atoms with Gasteiger partial charge in [0, 0.05) is 5.39 Å². The number of fused-ring (bicyclic) bond motifs is 1. The van der Waals surface area contributed by atoms with Gasteiger partial charge in [0.25, 0.3) is 5.56 Å². The third-order valence-electron chi connectivity index (χ3n) is 2.41. The molecule has 94 valence electrons. The van der Waals surface area contributed by atoms with Crippen LogP contribution in [0.2, 0.25) is 0 Å². The minimum absolute atomic E-state index is 0.0853.